The number of esters is 1. The summed E-state index contributed by atoms with van der Waals surface area (Å²) in [4.78, 5) is 10.8. The Labute approximate surface area is 98.4 Å². The highest BCUT2D eigenvalue weighted by Crippen LogP contribution is 2.22. The van der Waals surface area contributed by atoms with Crippen molar-refractivity contribution in [1.82, 2.24) is 0 Å². The minimum absolute atomic E-state index is 0.232. The van der Waals surface area contributed by atoms with Gasteiger partial charge in [0, 0.05) is 10.0 Å². The predicted octanol–water partition coefficient (Wildman–Crippen LogP) is 3.57. The van der Waals surface area contributed by atoms with Crippen LogP contribution in [0.15, 0.2) is 24.3 Å². The van der Waals surface area contributed by atoms with Crippen molar-refractivity contribution < 1.29 is 9.53 Å². The molecular formula is C11H10Cl2O2. The van der Waals surface area contributed by atoms with Gasteiger partial charge < -0.3 is 4.74 Å². The lowest BCUT2D eigenvalue weighted by atomic mass is 10.2. The van der Waals surface area contributed by atoms with Gasteiger partial charge in [0.15, 0.2) is 0 Å². The summed E-state index contributed by atoms with van der Waals surface area (Å²) in [6.07, 6.45) is 3.69. The van der Waals surface area contributed by atoms with Crippen molar-refractivity contribution in [3.05, 3.63) is 39.9 Å². The topological polar surface area (TPSA) is 26.3 Å². The van der Waals surface area contributed by atoms with E-state index in [9.17, 15) is 4.79 Å². The van der Waals surface area contributed by atoms with Gasteiger partial charge in [-0.2, -0.15) is 0 Å². The largest absolute Gasteiger partial charge is 0.469 e. The van der Waals surface area contributed by atoms with Crippen molar-refractivity contribution >= 4 is 35.2 Å². The second-order valence-corrected chi connectivity index (χ2v) is 3.69. The summed E-state index contributed by atoms with van der Waals surface area (Å²) < 4.78 is 4.49. The first-order valence-electron chi connectivity index (χ1n) is 4.32. The van der Waals surface area contributed by atoms with Crippen molar-refractivity contribution in [1.29, 1.82) is 0 Å². The molecule has 1 rings (SSSR count). The molecule has 0 saturated carbocycles. The summed E-state index contributed by atoms with van der Waals surface area (Å²) in [6.45, 7) is 0. The Morgan fingerprint density at radius 2 is 2.20 bits per heavy atom. The van der Waals surface area contributed by atoms with Crippen LogP contribution in [0, 0.1) is 0 Å². The molecule has 0 heterocycles. The number of hydrogen-bond acceptors (Lipinski definition) is 2. The fraction of sp³-hybridized carbons (Fsp3) is 0.182. The summed E-state index contributed by atoms with van der Waals surface area (Å²) in [6, 6.07) is 5.19. The molecule has 0 aromatic heterocycles. The number of ether oxygens (including phenoxy) is 1. The Morgan fingerprint density at radius 3 is 2.80 bits per heavy atom. The minimum atomic E-state index is -0.281. The lowest BCUT2D eigenvalue weighted by Crippen LogP contribution is -1.96. The van der Waals surface area contributed by atoms with Gasteiger partial charge in [0.25, 0.3) is 0 Å². The zero-order valence-corrected chi connectivity index (χ0v) is 9.68. The fourth-order valence-corrected chi connectivity index (χ4v) is 1.47. The quantitative estimate of drug-likeness (QED) is 0.761. The Balaban J connectivity index is 2.68. The molecule has 0 unspecified atom stereocenters. The zero-order chi connectivity index (χ0) is 11.3. The molecule has 15 heavy (non-hydrogen) atoms. The Kier molecular flexibility index (Phi) is 4.66. The number of carbonyl (C=O) groups excluding carboxylic acids is 1. The van der Waals surface area contributed by atoms with Gasteiger partial charge in [-0.25, -0.2) is 0 Å². The van der Waals surface area contributed by atoms with E-state index in [0.29, 0.717) is 10.0 Å². The maximum Gasteiger partial charge on any atom is 0.309 e. The van der Waals surface area contributed by atoms with Gasteiger partial charge in [-0.15, -0.1) is 0 Å². The molecule has 0 N–H and O–H groups in total. The minimum Gasteiger partial charge on any atom is -0.469 e. The summed E-state index contributed by atoms with van der Waals surface area (Å²) in [5.41, 5.74) is 0.824. The summed E-state index contributed by atoms with van der Waals surface area (Å²) in [5, 5.41) is 1.15. The zero-order valence-electron chi connectivity index (χ0n) is 8.17. The first kappa shape index (κ1) is 12.1. The highest BCUT2D eigenvalue weighted by molar-refractivity contribution is 6.35. The number of halogens is 2. The van der Waals surface area contributed by atoms with E-state index >= 15 is 0 Å². The molecule has 0 saturated heterocycles. The number of benzene rings is 1. The van der Waals surface area contributed by atoms with Crippen LogP contribution in [0.5, 0.6) is 0 Å². The second kappa shape index (κ2) is 5.79. The first-order valence-corrected chi connectivity index (χ1v) is 5.07. The van der Waals surface area contributed by atoms with Crippen LogP contribution in [-0.2, 0) is 9.53 Å². The van der Waals surface area contributed by atoms with Crippen LogP contribution < -0.4 is 0 Å². The van der Waals surface area contributed by atoms with Crippen molar-refractivity contribution in [2.24, 2.45) is 0 Å². The third-order valence-electron chi connectivity index (χ3n) is 1.77. The molecule has 0 amide bonds. The van der Waals surface area contributed by atoms with Gasteiger partial charge in [0.05, 0.1) is 13.5 Å². The smallest absolute Gasteiger partial charge is 0.309 e. The van der Waals surface area contributed by atoms with Crippen LogP contribution in [0.2, 0.25) is 10.0 Å². The van der Waals surface area contributed by atoms with E-state index in [-0.39, 0.29) is 12.4 Å². The molecule has 0 bridgehead atoms. The molecule has 0 radical (unpaired) electrons. The highest BCUT2D eigenvalue weighted by Gasteiger charge is 1.98. The van der Waals surface area contributed by atoms with Crippen LogP contribution in [0.25, 0.3) is 6.08 Å². The molecule has 0 spiro atoms. The van der Waals surface area contributed by atoms with E-state index in [1.165, 1.54) is 7.11 Å². The van der Waals surface area contributed by atoms with Gasteiger partial charge in [0.2, 0.25) is 0 Å². The third kappa shape index (κ3) is 3.94. The van der Waals surface area contributed by atoms with E-state index < -0.39 is 0 Å². The average Bonchev–Trinajstić information content (AvgIpc) is 2.21. The van der Waals surface area contributed by atoms with Gasteiger partial charge in [-0.05, 0) is 17.7 Å². The lowest BCUT2D eigenvalue weighted by molar-refractivity contribution is -0.139. The maximum absolute atomic E-state index is 10.8. The molecule has 0 aliphatic heterocycles. The Hall–Kier alpha value is -0.990. The SMILES string of the molecule is COC(=O)CC=Cc1ccc(Cl)cc1Cl. The van der Waals surface area contributed by atoms with E-state index in [2.05, 4.69) is 4.74 Å². The van der Waals surface area contributed by atoms with Gasteiger partial charge in [-0.3, -0.25) is 4.79 Å². The average molecular weight is 245 g/mol. The molecule has 4 heteroatoms. The van der Waals surface area contributed by atoms with Crippen molar-refractivity contribution in [2.75, 3.05) is 7.11 Å². The Morgan fingerprint density at radius 1 is 1.47 bits per heavy atom. The molecule has 1 aromatic rings. The van der Waals surface area contributed by atoms with Crippen molar-refractivity contribution in [2.45, 2.75) is 6.42 Å². The summed E-state index contributed by atoms with van der Waals surface area (Å²) >= 11 is 11.7. The lowest BCUT2D eigenvalue weighted by Gasteiger charge is -1.98. The van der Waals surface area contributed by atoms with E-state index in [0.717, 1.165) is 5.56 Å². The van der Waals surface area contributed by atoms with Crippen LogP contribution in [0.3, 0.4) is 0 Å². The van der Waals surface area contributed by atoms with Gasteiger partial charge in [0.1, 0.15) is 0 Å². The number of carbonyl (C=O) groups is 1. The van der Waals surface area contributed by atoms with Crippen LogP contribution >= 0.6 is 23.2 Å². The Bertz CT molecular complexity index is 386. The van der Waals surface area contributed by atoms with E-state index in [1.54, 1.807) is 30.4 Å². The number of hydrogen-bond donors (Lipinski definition) is 0. The molecular weight excluding hydrogens is 235 g/mol. The molecule has 2 nitrogen and oxygen atoms in total. The highest BCUT2D eigenvalue weighted by atomic mass is 35.5. The fourth-order valence-electron chi connectivity index (χ4n) is 1.00. The van der Waals surface area contributed by atoms with Gasteiger partial charge in [-0.1, -0.05) is 41.4 Å². The molecule has 0 aliphatic rings. The van der Waals surface area contributed by atoms with E-state index in [4.69, 9.17) is 23.2 Å². The standard InChI is InChI=1S/C11H10Cl2O2/c1-15-11(14)4-2-3-8-5-6-9(12)7-10(8)13/h2-3,5-7H,4H2,1H3. The predicted molar refractivity (Wildman–Crippen MR) is 62.1 cm³/mol. The molecule has 0 atom stereocenters. The normalized spacial score (nSPS) is 10.6. The number of rotatable bonds is 3. The molecule has 80 valence electrons. The molecule has 0 aliphatic carbocycles. The summed E-state index contributed by atoms with van der Waals surface area (Å²) in [7, 11) is 1.35. The molecule has 0 fully saturated rings. The molecule has 1 aromatic carbocycles. The summed E-state index contributed by atoms with van der Waals surface area (Å²) in [5.74, 6) is -0.281. The number of methoxy groups -OCH3 is 1. The van der Waals surface area contributed by atoms with Crippen molar-refractivity contribution in [3.8, 4) is 0 Å². The van der Waals surface area contributed by atoms with E-state index in [1.807, 2.05) is 0 Å². The second-order valence-electron chi connectivity index (χ2n) is 2.85. The first-order chi connectivity index (χ1) is 7.13. The third-order valence-corrected chi connectivity index (χ3v) is 2.33. The monoisotopic (exact) mass is 244 g/mol. The van der Waals surface area contributed by atoms with Crippen molar-refractivity contribution in [3.63, 3.8) is 0 Å². The maximum atomic E-state index is 10.8. The van der Waals surface area contributed by atoms with Gasteiger partial charge >= 0.3 is 5.97 Å². The van der Waals surface area contributed by atoms with Crippen LogP contribution in [0.1, 0.15) is 12.0 Å². The van der Waals surface area contributed by atoms with Crippen LogP contribution in [-0.4, -0.2) is 13.1 Å². The van der Waals surface area contributed by atoms with Crippen LogP contribution in [0.4, 0.5) is 0 Å².